The van der Waals surface area contributed by atoms with E-state index in [-0.39, 0.29) is 0 Å². The monoisotopic (exact) mass is 263 g/mol. The average Bonchev–Trinajstić information content (AvgIpc) is 3.27. The van der Waals surface area contributed by atoms with E-state index in [0.717, 1.165) is 37.0 Å². The van der Waals surface area contributed by atoms with Crippen LogP contribution in [0.4, 0.5) is 0 Å². The van der Waals surface area contributed by atoms with Gasteiger partial charge in [0.05, 0.1) is 13.7 Å². The van der Waals surface area contributed by atoms with E-state index < -0.39 is 0 Å². The molecule has 0 aromatic heterocycles. The van der Waals surface area contributed by atoms with Crippen LogP contribution < -0.4 is 14.8 Å². The number of benzene rings is 1. The van der Waals surface area contributed by atoms with Crippen molar-refractivity contribution in [1.82, 2.24) is 5.32 Å². The minimum Gasteiger partial charge on any atom is -0.493 e. The lowest BCUT2D eigenvalue weighted by Crippen LogP contribution is -2.31. The molecular weight excluding hydrogens is 238 g/mol. The van der Waals surface area contributed by atoms with E-state index in [9.17, 15) is 0 Å². The molecule has 0 heterocycles. The van der Waals surface area contributed by atoms with Crippen molar-refractivity contribution in [2.75, 3.05) is 20.3 Å². The zero-order valence-electron chi connectivity index (χ0n) is 12.0. The quantitative estimate of drug-likeness (QED) is 0.694. The lowest BCUT2D eigenvalue weighted by atomic mass is 10.1. The fraction of sp³-hybridized carbons (Fsp3) is 0.625. The van der Waals surface area contributed by atoms with Crippen molar-refractivity contribution in [3.05, 3.63) is 24.3 Å². The minimum atomic E-state index is 0.686. The molecule has 1 aromatic carbocycles. The number of nitrogens with one attached hydrogen (secondary N) is 1. The molecule has 2 rings (SSSR count). The van der Waals surface area contributed by atoms with Crippen LogP contribution in [0.1, 0.15) is 32.6 Å². The van der Waals surface area contributed by atoms with Crippen LogP contribution in [-0.2, 0) is 0 Å². The molecule has 0 bridgehead atoms. The topological polar surface area (TPSA) is 30.5 Å². The molecule has 0 saturated heterocycles. The summed E-state index contributed by atoms with van der Waals surface area (Å²) in [5.74, 6) is 2.57. The fourth-order valence-corrected chi connectivity index (χ4v) is 2.49. The number of hydrogen-bond donors (Lipinski definition) is 1. The van der Waals surface area contributed by atoms with Crippen LogP contribution in [0, 0.1) is 5.92 Å². The van der Waals surface area contributed by atoms with E-state index in [0.29, 0.717) is 6.04 Å². The fourth-order valence-electron chi connectivity index (χ4n) is 2.49. The average molecular weight is 263 g/mol. The Morgan fingerprint density at radius 3 is 2.63 bits per heavy atom. The van der Waals surface area contributed by atoms with Crippen LogP contribution in [-0.4, -0.2) is 26.3 Å². The highest BCUT2D eigenvalue weighted by atomic mass is 16.5. The van der Waals surface area contributed by atoms with Gasteiger partial charge >= 0.3 is 0 Å². The van der Waals surface area contributed by atoms with E-state index in [2.05, 4.69) is 12.2 Å². The Labute approximate surface area is 116 Å². The zero-order chi connectivity index (χ0) is 13.5. The van der Waals surface area contributed by atoms with Gasteiger partial charge < -0.3 is 14.8 Å². The second kappa shape index (κ2) is 7.39. The second-order valence-electron chi connectivity index (χ2n) is 5.14. The van der Waals surface area contributed by atoms with Gasteiger partial charge in [-0.15, -0.1) is 0 Å². The molecule has 1 aliphatic rings. The van der Waals surface area contributed by atoms with Crippen LogP contribution in [0.5, 0.6) is 11.5 Å². The predicted molar refractivity (Wildman–Crippen MR) is 77.9 cm³/mol. The predicted octanol–water partition coefficient (Wildman–Crippen LogP) is 3.24. The van der Waals surface area contributed by atoms with Crippen molar-refractivity contribution < 1.29 is 9.47 Å². The van der Waals surface area contributed by atoms with Crippen LogP contribution in [0.2, 0.25) is 0 Å². The SMILES string of the molecule is CCNC(CCCOc1ccccc1OC)C1CC1. The smallest absolute Gasteiger partial charge is 0.161 e. The van der Waals surface area contributed by atoms with Gasteiger partial charge in [-0.05, 0) is 50.3 Å². The molecule has 1 unspecified atom stereocenters. The van der Waals surface area contributed by atoms with E-state index in [1.807, 2.05) is 24.3 Å². The number of para-hydroxylation sites is 2. The number of methoxy groups -OCH3 is 1. The molecule has 19 heavy (non-hydrogen) atoms. The first kappa shape index (κ1) is 14.2. The summed E-state index contributed by atoms with van der Waals surface area (Å²) in [6, 6.07) is 8.51. The van der Waals surface area contributed by atoms with Gasteiger partial charge in [-0.1, -0.05) is 19.1 Å². The van der Waals surface area contributed by atoms with Crippen LogP contribution in [0.25, 0.3) is 0 Å². The number of ether oxygens (including phenoxy) is 2. The zero-order valence-corrected chi connectivity index (χ0v) is 12.0. The second-order valence-corrected chi connectivity index (χ2v) is 5.14. The van der Waals surface area contributed by atoms with Crippen molar-refractivity contribution in [3.8, 4) is 11.5 Å². The molecule has 1 fully saturated rings. The molecule has 1 aromatic rings. The normalized spacial score (nSPS) is 16.1. The summed E-state index contributed by atoms with van der Waals surface area (Å²) in [4.78, 5) is 0. The standard InChI is InChI=1S/C16H25NO2/c1-3-17-14(13-10-11-13)7-6-12-19-16-9-5-4-8-15(16)18-2/h4-5,8-9,13-14,17H,3,6-7,10-12H2,1-2H3. The van der Waals surface area contributed by atoms with E-state index in [4.69, 9.17) is 9.47 Å². The summed E-state index contributed by atoms with van der Waals surface area (Å²) in [5, 5.41) is 3.59. The van der Waals surface area contributed by atoms with Gasteiger partial charge in [0, 0.05) is 6.04 Å². The summed E-state index contributed by atoms with van der Waals surface area (Å²) >= 11 is 0. The van der Waals surface area contributed by atoms with Crippen molar-refractivity contribution in [1.29, 1.82) is 0 Å². The molecule has 0 aliphatic heterocycles. The van der Waals surface area contributed by atoms with Gasteiger partial charge in [0.1, 0.15) is 0 Å². The summed E-state index contributed by atoms with van der Waals surface area (Å²) in [7, 11) is 1.68. The summed E-state index contributed by atoms with van der Waals surface area (Å²) in [6.45, 7) is 4.00. The number of rotatable bonds is 9. The molecule has 3 heteroatoms. The molecule has 1 atom stereocenters. The summed E-state index contributed by atoms with van der Waals surface area (Å²) in [5.41, 5.74) is 0. The molecular formula is C16H25NO2. The molecule has 3 nitrogen and oxygen atoms in total. The summed E-state index contributed by atoms with van der Waals surface area (Å²) in [6.07, 6.45) is 5.08. The Morgan fingerprint density at radius 1 is 1.26 bits per heavy atom. The Bertz CT molecular complexity index is 377. The third kappa shape index (κ3) is 4.43. The van der Waals surface area contributed by atoms with Crippen LogP contribution >= 0.6 is 0 Å². The molecule has 1 N–H and O–H groups in total. The molecule has 0 radical (unpaired) electrons. The van der Waals surface area contributed by atoms with Gasteiger partial charge in [0.25, 0.3) is 0 Å². The van der Waals surface area contributed by atoms with Crippen molar-refractivity contribution in [3.63, 3.8) is 0 Å². The van der Waals surface area contributed by atoms with Crippen molar-refractivity contribution >= 4 is 0 Å². The largest absolute Gasteiger partial charge is 0.493 e. The lowest BCUT2D eigenvalue weighted by Gasteiger charge is -2.17. The van der Waals surface area contributed by atoms with Gasteiger partial charge in [0.15, 0.2) is 11.5 Å². The van der Waals surface area contributed by atoms with Gasteiger partial charge in [-0.25, -0.2) is 0 Å². The first-order chi connectivity index (χ1) is 9.35. The van der Waals surface area contributed by atoms with E-state index >= 15 is 0 Å². The Balaban J connectivity index is 1.70. The molecule has 0 amide bonds. The third-order valence-corrected chi connectivity index (χ3v) is 3.64. The van der Waals surface area contributed by atoms with E-state index in [1.165, 1.54) is 19.3 Å². The molecule has 1 saturated carbocycles. The minimum absolute atomic E-state index is 0.686. The maximum absolute atomic E-state index is 5.80. The molecule has 106 valence electrons. The van der Waals surface area contributed by atoms with Crippen molar-refractivity contribution in [2.24, 2.45) is 5.92 Å². The Morgan fingerprint density at radius 2 is 2.00 bits per heavy atom. The van der Waals surface area contributed by atoms with Gasteiger partial charge in [0.2, 0.25) is 0 Å². The number of hydrogen-bond acceptors (Lipinski definition) is 3. The highest BCUT2D eigenvalue weighted by Gasteiger charge is 2.29. The molecule has 0 spiro atoms. The first-order valence-electron chi connectivity index (χ1n) is 7.34. The Hall–Kier alpha value is -1.22. The van der Waals surface area contributed by atoms with Gasteiger partial charge in [-0.3, -0.25) is 0 Å². The van der Waals surface area contributed by atoms with Crippen molar-refractivity contribution in [2.45, 2.75) is 38.6 Å². The maximum atomic E-state index is 5.80. The van der Waals surface area contributed by atoms with Crippen LogP contribution in [0.15, 0.2) is 24.3 Å². The maximum Gasteiger partial charge on any atom is 0.161 e. The van der Waals surface area contributed by atoms with Gasteiger partial charge in [-0.2, -0.15) is 0 Å². The first-order valence-corrected chi connectivity index (χ1v) is 7.34. The summed E-state index contributed by atoms with van der Waals surface area (Å²) < 4.78 is 11.1. The third-order valence-electron chi connectivity index (χ3n) is 3.64. The highest BCUT2D eigenvalue weighted by molar-refractivity contribution is 5.39. The van der Waals surface area contributed by atoms with E-state index in [1.54, 1.807) is 7.11 Å². The highest BCUT2D eigenvalue weighted by Crippen LogP contribution is 2.34. The van der Waals surface area contributed by atoms with Crippen LogP contribution in [0.3, 0.4) is 0 Å². The Kier molecular flexibility index (Phi) is 5.52. The molecule has 1 aliphatic carbocycles. The lowest BCUT2D eigenvalue weighted by molar-refractivity contribution is 0.275.